The maximum Gasteiger partial charge on any atom is 0.137 e. The van der Waals surface area contributed by atoms with E-state index in [2.05, 4.69) is 24.2 Å². The van der Waals surface area contributed by atoms with Crippen LogP contribution in [0.25, 0.3) is 29.4 Å². The highest BCUT2D eigenvalue weighted by molar-refractivity contribution is 5.82. The molecule has 2 rings (SSSR count). The first-order chi connectivity index (χ1) is 7.80. The van der Waals surface area contributed by atoms with Gasteiger partial charge in [-0.1, -0.05) is 31.4 Å². The minimum atomic E-state index is 0.897. The topological polar surface area (TPSA) is 17.8 Å². The molecule has 1 aromatic heterocycles. The Bertz CT molecular complexity index is 574. The molecule has 0 aliphatic rings. The van der Waals surface area contributed by atoms with Gasteiger partial charge in [0.1, 0.15) is 5.82 Å². The lowest BCUT2D eigenvalue weighted by atomic mass is 10.2. The fourth-order valence-electron chi connectivity index (χ4n) is 1.71. The number of nitrogens with zero attached hydrogens (tertiary/aromatic N) is 2. The van der Waals surface area contributed by atoms with Gasteiger partial charge in [0, 0.05) is 6.20 Å². The maximum absolute atomic E-state index is 4.52. The number of fused-ring (bicyclic) bond motifs is 1. The van der Waals surface area contributed by atoms with Gasteiger partial charge in [0.15, 0.2) is 0 Å². The highest BCUT2D eigenvalue weighted by Gasteiger charge is 2.05. The second-order valence-electron chi connectivity index (χ2n) is 3.47. The molecule has 0 radical (unpaired) electrons. The molecule has 1 heterocycles. The Hall–Kier alpha value is -2.09. The van der Waals surface area contributed by atoms with E-state index in [-0.39, 0.29) is 0 Å². The van der Waals surface area contributed by atoms with Crippen LogP contribution in [-0.2, 0) is 0 Å². The zero-order valence-electron chi connectivity index (χ0n) is 9.35. The van der Waals surface area contributed by atoms with Crippen molar-refractivity contribution in [2.45, 2.75) is 6.92 Å². The second-order valence-corrected chi connectivity index (χ2v) is 3.47. The number of imidazole rings is 1. The second kappa shape index (κ2) is 4.19. The van der Waals surface area contributed by atoms with Crippen LogP contribution in [0.5, 0.6) is 0 Å². The third-order valence-corrected chi connectivity index (χ3v) is 2.47. The van der Waals surface area contributed by atoms with E-state index in [9.17, 15) is 0 Å². The minimum Gasteiger partial charge on any atom is -0.300 e. The Morgan fingerprint density at radius 1 is 1.31 bits per heavy atom. The first-order valence-electron chi connectivity index (χ1n) is 5.20. The zero-order chi connectivity index (χ0) is 11.5. The van der Waals surface area contributed by atoms with Crippen molar-refractivity contribution >= 4 is 29.4 Å². The fraction of sp³-hybridized carbons (Fsp3) is 0.0714. The molecule has 2 heteroatoms. The molecule has 0 fully saturated rings. The largest absolute Gasteiger partial charge is 0.300 e. The first kappa shape index (κ1) is 10.4. The number of hydrogen-bond acceptors (Lipinski definition) is 1. The van der Waals surface area contributed by atoms with Gasteiger partial charge in [-0.05, 0) is 30.7 Å². The zero-order valence-corrected chi connectivity index (χ0v) is 9.35. The van der Waals surface area contributed by atoms with Crippen molar-refractivity contribution in [1.82, 2.24) is 9.55 Å². The van der Waals surface area contributed by atoms with Crippen molar-refractivity contribution in [3.63, 3.8) is 0 Å². The fourth-order valence-corrected chi connectivity index (χ4v) is 1.71. The molecular formula is C14H14N2. The lowest BCUT2D eigenvalue weighted by molar-refractivity contribution is 1.14. The standard InChI is InChI=1S/C14H14N2/c1-4-7-14-15-12-9-8-11(5-2)10-13(12)16(14)6-3/h4-10H,2-3H2,1H3. The molecular weight excluding hydrogens is 196 g/mol. The van der Waals surface area contributed by atoms with E-state index in [1.165, 1.54) is 0 Å². The summed E-state index contributed by atoms with van der Waals surface area (Å²) in [5.41, 5.74) is 3.11. The quantitative estimate of drug-likeness (QED) is 0.753. The molecule has 0 spiro atoms. The van der Waals surface area contributed by atoms with Gasteiger partial charge in [0.25, 0.3) is 0 Å². The third-order valence-electron chi connectivity index (χ3n) is 2.47. The Labute approximate surface area is 95.2 Å². The van der Waals surface area contributed by atoms with Crippen molar-refractivity contribution in [2.75, 3.05) is 0 Å². The molecule has 2 nitrogen and oxygen atoms in total. The van der Waals surface area contributed by atoms with Gasteiger partial charge in [-0.15, -0.1) is 0 Å². The predicted octanol–water partition coefficient (Wildman–Crippen LogP) is 3.81. The summed E-state index contributed by atoms with van der Waals surface area (Å²) < 4.78 is 1.97. The molecule has 16 heavy (non-hydrogen) atoms. The maximum atomic E-state index is 4.52. The van der Waals surface area contributed by atoms with E-state index in [1.54, 1.807) is 6.20 Å². The van der Waals surface area contributed by atoms with E-state index in [0.29, 0.717) is 0 Å². The van der Waals surface area contributed by atoms with Gasteiger partial charge in [0.05, 0.1) is 11.0 Å². The molecule has 0 bridgehead atoms. The van der Waals surface area contributed by atoms with Crippen molar-refractivity contribution in [3.8, 4) is 0 Å². The minimum absolute atomic E-state index is 0.897. The van der Waals surface area contributed by atoms with Gasteiger partial charge in [0.2, 0.25) is 0 Å². The van der Waals surface area contributed by atoms with Crippen molar-refractivity contribution in [2.24, 2.45) is 0 Å². The summed E-state index contributed by atoms with van der Waals surface area (Å²) in [5, 5.41) is 0. The van der Waals surface area contributed by atoms with Gasteiger partial charge in [-0.2, -0.15) is 0 Å². The SMILES string of the molecule is C=Cc1ccc2nc(C=CC)n(C=C)c2c1. The van der Waals surface area contributed by atoms with Gasteiger partial charge < -0.3 is 4.57 Å². The van der Waals surface area contributed by atoms with Crippen molar-refractivity contribution in [1.29, 1.82) is 0 Å². The van der Waals surface area contributed by atoms with Gasteiger partial charge in [-0.3, -0.25) is 0 Å². The number of benzene rings is 1. The molecule has 0 atom stereocenters. The summed E-state index contributed by atoms with van der Waals surface area (Å²) >= 11 is 0. The van der Waals surface area contributed by atoms with Crippen molar-refractivity contribution < 1.29 is 0 Å². The normalized spacial score (nSPS) is 11.1. The number of allylic oxidation sites excluding steroid dienone is 1. The van der Waals surface area contributed by atoms with Crippen LogP contribution in [0.15, 0.2) is 37.4 Å². The van der Waals surface area contributed by atoms with Crippen molar-refractivity contribution in [3.05, 3.63) is 48.8 Å². The Morgan fingerprint density at radius 2 is 2.12 bits per heavy atom. The van der Waals surface area contributed by atoms with Gasteiger partial charge >= 0.3 is 0 Å². The third kappa shape index (κ3) is 1.58. The predicted molar refractivity (Wildman–Crippen MR) is 70.9 cm³/mol. The summed E-state index contributed by atoms with van der Waals surface area (Å²) in [4.78, 5) is 4.52. The molecule has 0 N–H and O–H groups in total. The average molecular weight is 210 g/mol. The van der Waals surface area contributed by atoms with Gasteiger partial charge in [-0.25, -0.2) is 4.98 Å². The lowest BCUT2D eigenvalue weighted by Crippen LogP contribution is -1.88. The number of rotatable bonds is 3. The lowest BCUT2D eigenvalue weighted by Gasteiger charge is -1.99. The van der Waals surface area contributed by atoms with E-state index >= 15 is 0 Å². The highest BCUT2D eigenvalue weighted by Crippen LogP contribution is 2.19. The number of hydrogen-bond donors (Lipinski definition) is 0. The van der Waals surface area contributed by atoms with Crippen LogP contribution in [0.3, 0.4) is 0 Å². The summed E-state index contributed by atoms with van der Waals surface area (Å²) in [6, 6.07) is 6.07. The Morgan fingerprint density at radius 3 is 2.75 bits per heavy atom. The average Bonchev–Trinajstić information content (AvgIpc) is 2.65. The van der Waals surface area contributed by atoms with Crippen LogP contribution in [-0.4, -0.2) is 9.55 Å². The van der Waals surface area contributed by atoms with Crippen LogP contribution >= 0.6 is 0 Å². The smallest absolute Gasteiger partial charge is 0.137 e. The van der Waals surface area contributed by atoms with E-state index in [0.717, 1.165) is 22.4 Å². The molecule has 0 saturated heterocycles. The van der Waals surface area contributed by atoms with Crippen LogP contribution in [0, 0.1) is 0 Å². The summed E-state index contributed by atoms with van der Waals surface area (Å²) in [6.07, 6.45) is 7.54. The number of aromatic nitrogens is 2. The molecule has 0 amide bonds. The summed E-state index contributed by atoms with van der Waals surface area (Å²) in [7, 11) is 0. The van der Waals surface area contributed by atoms with Crippen LogP contribution in [0.1, 0.15) is 18.3 Å². The molecule has 0 aliphatic heterocycles. The molecule has 2 aromatic rings. The molecule has 0 saturated carbocycles. The van der Waals surface area contributed by atoms with Crippen LogP contribution in [0.2, 0.25) is 0 Å². The highest BCUT2D eigenvalue weighted by atomic mass is 15.1. The molecule has 0 aliphatic carbocycles. The monoisotopic (exact) mass is 210 g/mol. The van der Waals surface area contributed by atoms with Crippen LogP contribution < -0.4 is 0 Å². The summed E-state index contributed by atoms with van der Waals surface area (Å²) in [6.45, 7) is 9.56. The van der Waals surface area contributed by atoms with E-state index < -0.39 is 0 Å². The molecule has 80 valence electrons. The summed E-state index contributed by atoms with van der Waals surface area (Å²) in [5.74, 6) is 0.897. The van der Waals surface area contributed by atoms with E-state index in [4.69, 9.17) is 0 Å². The Kier molecular flexibility index (Phi) is 2.73. The van der Waals surface area contributed by atoms with Crippen LogP contribution in [0.4, 0.5) is 0 Å². The van der Waals surface area contributed by atoms with E-state index in [1.807, 2.05) is 41.9 Å². The molecule has 1 aromatic carbocycles. The first-order valence-corrected chi connectivity index (χ1v) is 5.20. The Balaban J connectivity index is 2.77. The molecule has 0 unspecified atom stereocenters.